The van der Waals surface area contributed by atoms with Crippen molar-refractivity contribution in [2.75, 3.05) is 19.1 Å². The molecule has 0 aromatic heterocycles. The Balaban J connectivity index is 2.90. The van der Waals surface area contributed by atoms with Gasteiger partial charge in [0.25, 0.3) is 0 Å². The minimum absolute atomic E-state index is 0.177. The zero-order chi connectivity index (χ0) is 9.14. The third kappa shape index (κ3) is 2.28. The second-order valence-corrected chi connectivity index (χ2v) is 4.43. The summed E-state index contributed by atoms with van der Waals surface area (Å²) in [4.78, 5) is 0. The fourth-order valence-corrected chi connectivity index (χ4v) is 1.35. The Hall–Kier alpha value is -0.950. The summed E-state index contributed by atoms with van der Waals surface area (Å²) in [5.74, 6) is 0.738. The maximum atomic E-state index is 9.12. The number of benzene rings is 1. The van der Waals surface area contributed by atoms with Crippen LogP contribution in [0.15, 0.2) is 18.2 Å². The second kappa shape index (κ2) is 3.63. The highest BCUT2D eigenvalue weighted by molar-refractivity contribution is 7.51. The van der Waals surface area contributed by atoms with Gasteiger partial charge in [0.2, 0.25) is 0 Å². The van der Waals surface area contributed by atoms with E-state index in [-0.39, 0.29) is 5.75 Å². The number of phenolic OH excluding ortho intramolecular Hbond substituents is 1. The van der Waals surface area contributed by atoms with Gasteiger partial charge >= 0.3 is 0 Å². The van der Waals surface area contributed by atoms with Crippen LogP contribution < -0.4 is 10.3 Å². The Morgan fingerprint density at radius 2 is 2.08 bits per heavy atom. The van der Waals surface area contributed by atoms with Gasteiger partial charge in [-0.05, 0) is 25.5 Å². The van der Waals surface area contributed by atoms with Gasteiger partial charge in [0, 0.05) is 6.07 Å². The van der Waals surface area contributed by atoms with Crippen molar-refractivity contribution in [3.8, 4) is 11.5 Å². The SMILES string of the molecule is CP(C)Oc1cc(O)ccc1N. The Kier molecular flexibility index (Phi) is 2.77. The van der Waals surface area contributed by atoms with E-state index in [2.05, 4.69) is 0 Å². The van der Waals surface area contributed by atoms with Gasteiger partial charge in [-0.1, -0.05) is 0 Å². The van der Waals surface area contributed by atoms with Gasteiger partial charge in [0.1, 0.15) is 11.5 Å². The van der Waals surface area contributed by atoms with Crippen LogP contribution in [0.4, 0.5) is 5.69 Å². The van der Waals surface area contributed by atoms with Crippen LogP contribution >= 0.6 is 8.15 Å². The molecule has 0 saturated heterocycles. The van der Waals surface area contributed by atoms with E-state index in [1.165, 1.54) is 12.1 Å². The Bertz CT molecular complexity index is 276. The van der Waals surface area contributed by atoms with Crippen molar-refractivity contribution in [1.82, 2.24) is 0 Å². The second-order valence-electron chi connectivity index (χ2n) is 2.63. The zero-order valence-corrected chi connectivity index (χ0v) is 8.01. The first kappa shape index (κ1) is 9.14. The molecule has 0 aliphatic carbocycles. The van der Waals surface area contributed by atoms with Gasteiger partial charge in [-0.25, -0.2) is 0 Å². The van der Waals surface area contributed by atoms with Gasteiger partial charge in [0.15, 0.2) is 0 Å². The molecule has 0 aliphatic rings. The summed E-state index contributed by atoms with van der Waals surface area (Å²) >= 11 is 0. The summed E-state index contributed by atoms with van der Waals surface area (Å²) in [5, 5.41) is 9.12. The van der Waals surface area contributed by atoms with Crippen LogP contribution in [0.3, 0.4) is 0 Å². The molecule has 1 aromatic carbocycles. The van der Waals surface area contributed by atoms with E-state index >= 15 is 0 Å². The lowest BCUT2D eigenvalue weighted by Gasteiger charge is -2.11. The maximum Gasteiger partial charge on any atom is 0.149 e. The third-order valence-corrected chi connectivity index (χ3v) is 1.84. The molecule has 12 heavy (non-hydrogen) atoms. The number of nitrogen functional groups attached to an aromatic ring is 1. The lowest BCUT2D eigenvalue weighted by atomic mass is 10.3. The first-order valence-electron chi connectivity index (χ1n) is 3.53. The normalized spacial score (nSPS) is 10.2. The highest BCUT2D eigenvalue weighted by Gasteiger charge is 2.03. The predicted octanol–water partition coefficient (Wildman–Crippen LogP) is 2.01. The van der Waals surface area contributed by atoms with Crippen LogP contribution in [0.25, 0.3) is 0 Å². The lowest BCUT2D eigenvalue weighted by molar-refractivity contribution is 0.472. The van der Waals surface area contributed by atoms with Gasteiger partial charge in [-0.3, -0.25) is 0 Å². The Labute approximate surface area is 73.0 Å². The first-order chi connectivity index (χ1) is 5.59. The third-order valence-electron chi connectivity index (χ3n) is 1.28. The minimum atomic E-state index is -0.496. The summed E-state index contributed by atoms with van der Waals surface area (Å²) in [6.45, 7) is 3.94. The van der Waals surface area contributed by atoms with Crippen LogP contribution in [0.5, 0.6) is 11.5 Å². The van der Waals surface area contributed by atoms with Crippen LogP contribution in [0.1, 0.15) is 0 Å². The van der Waals surface area contributed by atoms with Crippen molar-refractivity contribution < 1.29 is 9.63 Å². The summed E-state index contributed by atoms with van der Waals surface area (Å²) in [5.41, 5.74) is 6.17. The number of rotatable bonds is 2. The lowest BCUT2D eigenvalue weighted by Crippen LogP contribution is -1.91. The molecule has 0 unspecified atom stereocenters. The van der Waals surface area contributed by atoms with Crippen molar-refractivity contribution in [3.05, 3.63) is 18.2 Å². The summed E-state index contributed by atoms with van der Waals surface area (Å²) in [7, 11) is -0.496. The average Bonchev–Trinajstić information content (AvgIpc) is 1.96. The molecule has 3 N–H and O–H groups in total. The molecule has 0 heterocycles. The summed E-state index contributed by atoms with van der Waals surface area (Å²) < 4.78 is 5.41. The molecule has 0 amide bonds. The van der Waals surface area contributed by atoms with E-state index < -0.39 is 8.15 Å². The van der Waals surface area contributed by atoms with E-state index in [9.17, 15) is 0 Å². The molecule has 0 spiro atoms. The van der Waals surface area contributed by atoms with Crippen molar-refractivity contribution in [3.63, 3.8) is 0 Å². The average molecular weight is 185 g/mol. The van der Waals surface area contributed by atoms with Crippen molar-refractivity contribution >= 4 is 13.8 Å². The zero-order valence-electron chi connectivity index (χ0n) is 7.11. The fraction of sp³-hybridized carbons (Fsp3) is 0.250. The van der Waals surface area contributed by atoms with Crippen LogP contribution in [-0.4, -0.2) is 18.4 Å². The van der Waals surface area contributed by atoms with Crippen molar-refractivity contribution in [2.24, 2.45) is 0 Å². The molecule has 1 rings (SSSR count). The smallest absolute Gasteiger partial charge is 0.149 e. The highest BCUT2D eigenvalue weighted by atomic mass is 31.1. The largest absolute Gasteiger partial charge is 0.508 e. The molecule has 4 heteroatoms. The molecule has 0 bridgehead atoms. The molecule has 0 saturated carbocycles. The summed E-state index contributed by atoms with van der Waals surface area (Å²) in [6, 6.07) is 4.69. The molecular weight excluding hydrogens is 173 g/mol. The van der Waals surface area contributed by atoms with E-state index in [0.717, 1.165) is 0 Å². The Morgan fingerprint density at radius 1 is 1.42 bits per heavy atom. The van der Waals surface area contributed by atoms with Crippen LogP contribution in [0.2, 0.25) is 0 Å². The quantitative estimate of drug-likeness (QED) is 0.421. The van der Waals surface area contributed by atoms with Gasteiger partial charge in [0.05, 0.1) is 13.8 Å². The van der Waals surface area contributed by atoms with E-state index in [0.29, 0.717) is 11.4 Å². The number of anilines is 1. The molecule has 0 aliphatic heterocycles. The number of nitrogens with two attached hydrogens (primary N) is 1. The van der Waals surface area contributed by atoms with Gasteiger partial charge in [-0.2, -0.15) is 0 Å². The summed E-state index contributed by atoms with van der Waals surface area (Å²) in [6.07, 6.45) is 0. The molecule has 0 fully saturated rings. The van der Waals surface area contributed by atoms with E-state index in [1.54, 1.807) is 6.07 Å². The predicted molar refractivity (Wildman–Crippen MR) is 51.9 cm³/mol. The fourth-order valence-electron chi connectivity index (χ4n) is 0.799. The molecule has 66 valence electrons. The van der Waals surface area contributed by atoms with Crippen molar-refractivity contribution in [2.45, 2.75) is 0 Å². The first-order valence-corrected chi connectivity index (χ1v) is 5.69. The molecule has 0 atom stereocenters. The number of phenols is 1. The van der Waals surface area contributed by atoms with Crippen LogP contribution in [0, 0.1) is 0 Å². The Morgan fingerprint density at radius 3 is 2.67 bits per heavy atom. The van der Waals surface area contributed by atoms with E-state index in [4.69, 9.17) is 15.4 Å². The molecule has 0 radical (unpaired) electrons. The van der Waals surface area contributed by atoms with Crippen molar-refractivity contribution in [1.29, 1.82) is 0 Å². The number of hydrogen-bond donors (Lipinski definition) is 2. The van der Waals surface area contributed by atoms with Gasteiger partial charge < -0.3 is 15.4 Å². The number of hydrogen-bond acceptors (Lipinski definition) is 3. The van der Waals surface area contributed by atoms with Gasteiger partial charge in [-0.15, -0.1) is 0 Å². The molecule has 1 aromatic rings. The topological polar surface area (TPSA) is 55.5 Å². The maximum absolute atomic E-state index is 9.12. The standard InChI is InChI=1S/C8H12NO2P/c1-12(2)11-8-5-6(10)3-4-7(8)9/h3-5,10H,9H2,1-2H3. The highest BCUT2D eigenvalue weighted by Crippen LogP contribution is 2.35. The monoisotopic (exact) mass is 185 g/mol. The number of aromatic hydroxyl groups is 1. The van der Waals surface area contributed by atoms with Crippen LogP contribution in [-0.2, 0) is 0 Å². The minimum Gasteiger partial charge on any atom is -0.508 e. The molecular formula is C8H12NO2P. The van der Waals surface area contributed by atoms with E-state index in [1.807, 2.05) is 13.3 Å². The molecule has 3 nitrogen and oxygen atoms in total.